The highest BCUT2D eigenvalue weighted by atomic mass is 16.5. The van der Waals surface area contributed by atoms with Crippen molar-refractivity contribution in [2.24, 2.45) is 0 Å². The van der Waals surface area contributed by atoms with Crippen LogP contribution in [0.15, 0.2) is 0 Å². The second-order valence-electron chi connectivity index (χ2n) is 4.14. The standard InChI is InChI=1S/C10H18N2O2/c1-8-7-9(3-6-14-8)12-5-2-4-11-10(12)13/h8-9H,2-7H2,1H3,(H,11,13). The van der Waals surface area contributed by atoms with E-state index in [1.807, 2.05) is 4.90 Å². The molecule has 2 amide bonds. The van der Waals surface area contributed by atoms with Crippen LogP contribution >= 0.6 is 0 Å². The Labute approximate surface area is 84.6 Å². The molecule has 0 aromatic rings. The minimum absolute atomic E-state index is 0.107. The van der Waals surface area contributed by atoms with E-state index in [0.717, 1.165) is 39.0 Å². The van der Waals surface area contributed by atoms with Gasteiger partial charge in [0.1, 0.15) is 0 Å². The molecule has 2 aliphatic heterocycles. The minimum atomic E-state index is 0.107. The molecular weight excluding hydrogens is 180 g/mol. The lowest BCUT2D eigenvalue weighted by Gasteiger charge is -2.38. The summed E-state index contributed by atoms with van der Waals surface area (Å²) in [6, 6.07) is 0.495. The number of carbonyl (C=O) groups excluding carboxylic acids is 1. The maximum atomic E-state index is 11.6. The number of ether oxygens (including phenoxy) is 1. The molecule has 2 aliphatic rings. The Balaban J connectivity index is 1.94. The van der Waals surface area contributed by atoms with E-state index in [-0.39, 0.29) is 6.03 Å². The number of hydrogen-bond acceptors (Lipinski definition) is 2. The second kappa shape index (κ2) is 4.17. The van der Waals surface area contributed by atoms with Crippen molar-refractivity contribution in [2.45, 2.75) is 38.3 Å². The van der Waals surface area contributed by atoms with Crippen LogP contribution in [0.3, 0.4) is 0 Å². The van der Waals surface area contributed by atoms with Gasteiger partial charge in [-0.25, -0.2) is 4.79 Å². The van der Waals surface area contributed by atoms with E-state index in [9.17, 15) is 4.79 Å². The highest BCUT2D eigenvalue weighted by Crippen LogP contribution is 2.20. The van der Waals surface area contributed by atoms with E-state index in [0.29, 0.717) is 12.1 Å². The predicted molar refractivity (Wildman–Crippen MR) is 53.2 cm³/mol. The summed E-state index contributed by atoms with van der Waals surface area (Å²) < 4.78 is 5.48. The monoisotopic (exact) mass is 198 g/mol. The maximum absolute atomic E-state index is 11.6. The Morgan fingerprint density at radius 3 is 3.14 bits per heavy atom. The largest absolute Gasteiger partial charge is 0.378 e. The Kier molecular flexibility index (Phi) is 2.91. The van der Waals surface area contributed by atoms with Crippen molar-refractivity contribution in [2.75, 3.05) is 19.7 Å². The molecule has 0 spiro atoms. The number of nitrogens with one attached hydrogen (secondary N) is 1. The highest BCUT2D eigenvalue weighted by molar-refractivity contribution is 5.75. The average Bonchev–Trinajstić information content (AvgIpc) is 2.18. The summed E-state index contributed by atoms with van der Waals surface area (Å²) in [7, 11) is 0. The van der Waals surface area contributed by atoms with E-state index in [4.69, 9.17) is 4.74 Å². The van der Waals surface area contributed by atoms with E-state index in [2.05, 4.69) is 12.2 Å². The Morgan fingerprint density at radius 2 is 2.43 bits per heavy atom. The van der Waals surface area contributed by atoms with E-state index in [1.165, 1.54) is 0 Å². The highest BCUT2D eigenvalue weighted by Gasteiger charge is 2.29. The van der Waals surface area contributed by atoms with Crippen molar-refractivity contribution < 1.29 is 9.53 Å². The molecule has 2 fully saturated rings. The van der Waals surface area contributed by atoms with Gasteiger partial charge in [-0.3, -0.25) is 0 Å². The van der Waals surface area contributed by atoms with Crippen LogP contribution in [0.4, 0.5) is 4.79 Å². The fourth-order valence-corrected chi connectivity index (χ4v) is 2.25. The average molecular weight is 198 g/mol. The second-order valence-corrected chi connectivity index (χ2v) is 4.14. The smallest absolute Gasteiger partial charge is 0.317 e. The Morgan fingerprint density at radius 1 is 1.57 bits per heavy atom. The third-order valence-electron chi connectivity index (χ3n) is 3.01. The molecule has 80 valence electrons. The van der Waals surface area contributed by atoms with Crippen molar-refractivity contribution in [1.29, 1.82) is 0 Å². The van der Waals surface area contributed by atoms with Crippen LogP contribution in [-0.4, -0.2) is 42.8 Å². The minimum Gasteiger partial charge on any atom is -0.378 e. The molecule has 0 aromatic carbocycles. The van der Waals surface area contributed by atoms with Crippen molar-refractivity contribution in [3.8, 4) is 0 Å². The molecule has 0 aromatic heterocycles. The van der Waals surface area contributed by atoms with Crippen LogP contribution in [0.1, 0.15) is 26.2 Å². The van der Waals surface area contributed by atoms with Crippen LogP contribution in [0, 0.1) is 0 Å². The molecule has 4 heteroatoms. The molecule has 2 unspecified atom stereocenters. The zero-order valence-electron chi connectivity index (χ0n) is 8.66. The van der Waals surface area contributed by atoms with Crippen LogP contribution in [0.5, 0.6) is 0 Å². The Bertz CT molecular complexity index is 220. The summed E-state index contributed by atoms with van der Waals surface area (Å²) in [5.41, 5.74) is 0. The van der Waals surface area contributed by atoms with Gasteiger partial charge in [0.2, 0.25) is 0 Å². The summed E-state index contributed by atoms with van der Waals surface area (Å²) in [5, 5.41) is 2.89. The van der Waals surface area contributed by atoms with Crippen LogP contribution in [0.2, 0.25) is 0 Å². The molecule has 2 saturated heterocycles. The lowest BCUT2D eigenvalue weighted by atomic mass is 10.0. The molecule has 2 atom stereocenters. The molecule has 2 heterocycles. The predicted octanol–water partition coefficient (Wildman–Crippen LogP) is 0.969. The van der Waals surface area contributed by atoms with Gasteiger partial charge in [-0.15, -0.1) is 0 Å². The van der Waals surface area contributed by atoms with Gasteiger partial charge in [-0.2, -0.15) is 0 Å². The first-order valence-electron chi connectivity index (χ1n) is 5.43. The topological polar surface area (TPSA) is 41.6 Å². The zero-order valence-corrected chi connectivity index (χ0v) is 8.66. The molecule has 0 saturated carbocycles. The van der Waals surface area contributed by atoms with Gasteiger partial charge in [0.25, 0.3) is 0 Å². The first-order chi connectivity index (χ1) is 6.77. The number of rotatable bonds is 1. The third-order valence-corrected chi connectivity index (χ3v) is 3.01. The van der Waals surface area contributed by atoms with Gasteiger partial charge >= 0.3 is 6.03 Å². The van der Waals surface area contributed by atoms with Crippen LogP contribution < -0.4 is 5.32 Å². The summed E-state index contributed by atoms with van der Waals surface area (Å²) in [6.07, 6.45) is 3.33. The van der Waals surface area contributed by atoms with Gasteiger partial charge in [0.15, 0.2) is 0 Å². The van der Waals surface area contributed by atoms with E-state index < -0.39 is 0 Å². The summed E-state index contributed by atoms with van der Waals surface area (Å²) in [4.78, 5) is 13.5. The van der Waals surface area contributed by atoms with Crippen molar-refractivity contribution in [3.63, 3.8) is 0 Å². The summed E-state index contributed by atoms with van der Waals surface area (Å²) in [6.45, 7) is 4.60. The SMILES string of the molecule is CC1CC(N2CCCNC2=O)CCO1. The molecule has 0 aliphatic carbocycles. The number of carbonyl (C=O) groups is 1. The number of amides is 2. The van der Waals surface area contributed by atoms with Gasteiger partial charge in [0, 0.05) is 25.7 Å². The lowest BCUT2D eigenvalue weighted by Crippen LogP contribution is -2.53. The molecule has 1 N–H and O–H groups in total. The molecule has 4 nitrogen and oxygen atoms in total. The molecule has 14 heavy (non-hydrogen) atoms. The zero-order chi connectivity index (χ0) is 9.97. The Hall–Kier alpha value is -0.770. The van der Waals surface area contributed by atoms with Gasteiger partial charge in [0.05, 0.1) is 6.10 Å². The fourth-order valence-electron chi connectivity index (χ4n) is 2.25. The fraction of sp³-hybridized carbons (Fsp3) is 0.900. The maximum Gasteiger partial charge on any atom is 0.317 e. The van der Waals surface area contributed by atoms with Crippen molar-refractivity contribution in [3.05, 3.63) is 0 Å². The van der Waals surface area contributed by atoms with E-state index in [1.54, 1.807) is 0 Å². The van der Waals surface area contributed by atoms with E-state index >= 15 is 0 Å². The normalized spacial score (nSPS) is 34.1. The van der Waals surface area contributed by atoms with Crippen molar-refractivity contribution in [1.82, 2.24) is 10.2 Å². The van der Waals surface area contributed by atoms with Gasteiger partial charge < -0.3 is 15.0 Å². The lowest BCUT2D eigenvalue weighted by molar-refractivity contribution is -0.00994. The third kappa shape index (κ3) is 2.00. The number of urea groups is 1. The van der Waals surface area contributed by atoms with Crippen LogP contribution in [-0.2, 0) is 4.74 Å². The quantitative estimate of drug-likeness (QED) is 0.682. The molecule has 0 radical (unpaired) electrons. The summed E-state index contributed by atoms with van der Waals surface area (Å²) in [5.74, 6) is 0. The van der Waals surface area contributed by atoms with Gasteiger partial charge in [-0.1, -0.05) is 0 Å². The van der Waals surface area contributed by atoms with Crippen molar-refractivity contribution >= 4 is 6.03 Å². The number of nitrogens with zero attached hydrogens (tertiary/aromatic N) is 1. The molecular formula is C10H18N2O2. The summed E-state index contributed by atoms with van der Waals surface area (Å²) >= 11 is 0. The molecule has 0 bridgehead atoms. The molecule has 2 rings (SSSR count). The van der Waals surface area contributed by atoms with Gasteiger partial charge in [-0.05, 0) is 26.2 Å². The first-order valence-corrected chi connectivity index (χ1v) is 5.43. The number of hydrogen-bond donors (Lipinski definition) is 1. The van der Waals surface area contributed by atoms with Crippen LogP contribution in [0.25, 0.3) is 0 Å². The first kappa shape index (κ1) is 9.77.